The molecular weight excluding hydrogens is 326 g/mol. The van der Waals surface area contributed by atoms with Crippen LogP contribution in [0.4, 0.5) is 6.01 Å². The predicted octanol–water partition coefficient (Wildman–Crippen LogP) is 3.09. The minimum Gasteiger partial charge on any atom is -0.497 e. The van der Waals surface area contributed by atoms with Gasteiger partial charge in [0.25, 0.3) is 0 Å². The molecule has 24 heavy (non-hydrogen) atoms. The number of nitrogens with one attached hydrogen (secondary N) is 1. The van der Waals surface area contributed by atoms with E-state index in [1.54, 1.807) is 13.4 Å². The Bertz CT molecular complexity index is 829. The van der Waals surface area contributed by atoms with Crippen molar-refractivity contribution in [2.24, 2.45) is 0 Å². The number of ether oxygens (including phenoxy) is 1. The molecule has 0 saturated carbocycles. The van der Waals surface area contributed by atoms with E-state index in [2.05, 4.69) is 15.5 Å². The topological polar surface area (TPSA) is 77.3 Å². The summed E-state index contributed by atoms with van der Waals surface area (Å²) in [4.78, 5) is 0.804. The van der Waals surface area contributed by atoms with Gasteiger partial charge < -0.3 is 14.5 Å². The minimum atomic E-state index is -0.968. The van der Waals surface area contributed by atoms with E-state index >= 15 is 0 Å². The lowest BCUT2D eigenvalue weighted by atomic mass is 10.2. The van der Waals surface area contributed by atoms with E-state index in [1.807, 2.05) is 48.5 Å². The minimum absolute atomic E-state index is 0.351. The van der Waals surface area contributed by atoms with E-state index in [9.17, 15) is 4.21 Å². The number of aromatic nitrogens is 2. The summed E-state index contributed by atoms with van der Waals surface area (Å²) >= 11 is 0. The number of benzene rings is 2. The van der Waals surface area contributed by atoms with Crippen molar-refractivity contribution in [3.05, 3.63) is 54.1 Å². The van der Waals surface area contributed by atoms with E-state index in [0.717, 1.165) is 21.8 Å². The lowest BCUT2D eigenvalue weighted by molar-refractivity contribution is 0.415. The molecule has 3 aromatic rings. The molecule has 1 N–H and O–H groups in total. The number of anilines is 1. The average molecular weight is 343 g/mol. The third-order valence-corrected chi connectivity index (χ3v) is 4.40. The molecule has 0 radical (unpaired) electrons. The SMILES string of the molecule is COc1ccc(-c2nnc(NCc3ccc(S(C)=O)cc3)o2)cc1. The molecule has 0 bridgehead atoms. The molecule has 1 atom stereocenters. The standard InChI is InChI=1S/C17H17N3O3S/c1-22-14-7-5-13(6-8-14)16-19-20-17(23-16)18-11-12-3-9-15(10-4-12)24(2)21/h3-10H,11H2,1-2H3,(H,18,20). The Hall–Kier alpha value is -2.67. The Morgan fingerprint density at radius 1 is 1.08 bits per heavy atom. The summed E-state index contributed by atoms with van der Waals surface area (Å²) in [6.07, 6.45) is 1.66. The summed E-state index contributed by atoms with van der Waals surface area (Å²) in [5.41, 5.74) is 1.86. The van der Waals surface area contributed by atoms with Gasteiger partial charge in [0.15, 0.2) is 0 Å². The molecule has 0 aliphatic rings. The lowest BCUT2D eigenvalue weighted by Gasteiger charge is -2.03. The molecule has 2 aromatic carbocycles. The normalized spacial score (nSPS) is 11.9. The van der Waals surface area contributed by atoms with Gasteiger partial charge in [-0.15, -0.1) is 5.10 Å². The van der Waals surface area contributed by atoms with Gasteiger partial charge in [-0.25, -0.2) is 0 Å². The van der Waals surface area contributed by atoms with E-state index in [4.69, 9.17) is 9.15 Å². The summed E-state index contributed by atoms with van der Waals surface area (Å²) in [6, 6.07) is 15.3. The quantitative estimate of drug-likeness (QED) is 0.741. The number of rotatable bonds is 6. The number of hydrogen-bond acceptors (Lipinski definition) is 6. The highest BCUT2D eigenvalue weighted by Crippen LogP contribution is 2.22. The first kappa shape index (κ1) is 16.2. The molecule has 3 rings (SSSR count). The molecule has 0 amide bonds. The van der Waals surface area contributed by atoms with Crippen LogP contribution in [0.3, 0.4) is 0 Å². The Labute approximate surface area is 142 Å². The molecule has 0 fully saturated rings. The second kappa shape index (κ2) is 7.27. The van der Waals surface area contributed by atoms with Gasteiger partial charge in [0.05, 0.1) is 7.11 Å². The van der Waals surface area contributed by atoms with E-state index in [0.29, 0.717) is 18.5 Å². The molecule has 0 aliphatic heterocycles. The van der Waals surface area contributed by atoms with Crippen molar-refractivity contribution in [2.45, 2.75) is 11.4 Å². The van der Waals surface area contributed by atoms with Gasteiger partial charge in [0, 0.05) is 34.1 Å². The Kier molecular flexibility index (Phi) is 4.90. The summed E-state index contributed by atoms with van der Waals surface area (Å²) in [5, 5.41) is 11.1. The van der Waals surface area contributed by atoms with Gasteiger partial charge in [0.2, 0.25) is 5.89 Å². The average Bonchev–Trinajstić information content (AvgIpc) is 3.09. The van der Waals surface area contributed by atoms with Gasteiger partial charge in [-0.3, -0.25) is 4.21 Å². The van der Waals surface area contributed by atoms with Gasteiger partial charge in [-0.05, 0) is 42.0 Å². The Balaban J connectivity index is 1.64. The molecule has 1 heterocycles. The zero-order valence-electron chi connectivity index (χ0n) is 13.4. The van der Waals surface area contributed by atoms with Crippen molar-refractivity contribution in [3.63, 3.8) is 0 Å². The highest BCUT2D eigenvalue weighted by molar-refractivity contribution is 7.84. The van der Waals surface area contributed by atoms with Crippen molar-refractivity contribution in [2.75, 3.05) is 18.7 Å². The summed E-state index contributed by atoms with van der Waals surface area (Å²) in [7, 11) is 0.652. The number of nitrogens with zero attached hydrogens (tertiary/aromatic N) is 2. The molecule has 6 nitrogen and oxygen atoms in total. The van der Waals surface area contributed by atoms with Gasteiger partial charge in [0.1, 0.15) is 5.75 Å². The largest absolute Gasteiger partial charge is 0.497 e. The summed E-state index contributed by atoms with van der Waals surface area (Å²) in [6.45, 7) is 0.543. The van der Waals surface area contributed by atoms with Crippen LogP contribution in [-0.4, -0.2) is 27.8 Å². The first-order chi connectivity index (χ1) is 11.7. The highest BCUT2D eigenvalue weighted by atomic mass is 32.2. The van der Waals surface area contributed by atoms with Crippen LogP contribution in [0, 0.1) is 0 Å². The van der Waals surface area contributed by atoms with Crippen molar-refractivity contribution >= 4 is 16.8 Å². The highest BCUT2D eigenvalue weighted by Gasteiger charge is 2.08. The Morgan fingerprint density at radius 2 is 1.79 bits per heavy atom. The maximum Gasteiger partial charge on any atom is 0.316 e. The molecule has 0 spiro atoms. The van der Waals surface area contributed by atoms with Crippen LogP contribution >= 0.6 is 0 Å². The number of methoxy groups -OCH3 is 1. The molecular formula is C17H17N3O3S. The van der Waals surface area contributed by atoms with Gasteiger partial charge in [-0.1, -0.05) is 17.2 Å². The van der Waals surface area contributed by atoms with Crippen LogP contribution in [0.2, 0.25) is 0 Å². The van der Waals surface area contributed by atoms with Crippen molar-refractivity contribution in [1.29, 1.82) is 0 Å². The smallest absolute Gasteiger partial charge is 0.316 e. The predicted molar refractivity (Wildman–Crippen MR) is 92.4 cm³/mol. The maximum atomic E-state index is 11.4. The zero-order chi connectivity index (χ0) is 16.9. The third-order valence-electron chi connectivity index (χ3n) is 3.46. The molecule has 1 aromatic heterocycles. The van der Waals surface area contributed by atoms with Crippen molar-refractivity contribution < 1.29 is 13.4 Å². The second-order valence-electron chi connectivity index (χ2n) is 5.09. The molecule has 124 valence electrons. The zero-order valence-corrected chi connectivity index (χ0v) is 14.2. The fourth-order valence-electron chi connectivity index (χ4n) is 2.12. The second-order valence-corrected chi connectivity index (χ2v) is 6.47. The molecule has 7 heteroatoms. The summed E-state index contributed by atoms with van der Waals surface area (Å²) < 4.78 is 22.1. The molecule has 0 saturated heterocycles. The monoisotopic (exact) mass is 343 g/mol. The summed E-state index contributed by atoms with van der Waals surface area (Å²) in [5.74, 6) is 1.21. The van der Waals surface area contributed by atoms with Crippen LogP contribution in [0.1, 0.15) is 5.56 Å². The first-order valence-corrected chi connectivity index (χ1v) is 8.85. The van der Waals surface area contributed by atoms with Crippen LogP contribution < -0.4 is 10.1 Å². The molecule has 1 unspecified atom stereocenters. The fourth-order valence-corrected chi connectivity index (χ4v) is 2.64. The van der Waals surface area contributed by atoms with E-state index < -0.39 is 10.8 Å². The third kappa shape index (κ3) is 3.80. The van der Waals surface area contributed by atoms with Crippen LogP contribution in [-0.2, 0) is 17.3 Å². The van der Waals surface area contributed by atoms with Gasteiger partial charge in [-0.2, -0.15) is 0 Å². The maximum absolute atomic E-state index is 11.4. The van der Waals surface area contributed by atoms with Crippen molar-refractivity contribution in [3.8, 4) is 17.2 Å². The molecule has 0 aliphatic carbocycles. The Morgan fingerprint density at radius 3 is 2.42 bits per heavy atom. The van der Waals surface area contributed by atoms with E-state index in [1.165, 1.54) is 0 Å². The fraction of sp³-hybridized carbons (Fsp3) is 0.176. The first-order valence-electron chi connectivity index (χ1n) is 7.30. The number of hydrogen-bond donors (Lipinski definition) is 1. The van der Waals surface area contributed by atoms with Crippen LogP contribution in [0.25, 0.3) is 11.5 Å². The van der Waals surface area contributed by atoms with Crippen molar-refractivity contribution in [1.82, 2.24) is 10.2 Å². The van der Waals surface area contributed by atoms with Gasteiger partial charge >= 0.3 is 6.01 Å². The van der Waals surface area contributed by atoms with E-state index in [-0.39, 0.29) is 0 Å². The van der Waals surface area contributed by atoms with Crippen LogP contribution in [0.5, 0.6) is 5.75 Å². The lowest BCUT2D eigenvalue weighted by Crippen LogP contribution is -1.99. The van der Waals surface area contributed by atoms with Crippen LogP contribution in [0.15, 0.2) is 57.8 Å².